The molecule has 0 radical (unpaired) electrons. The van der Waals surface area contributed by atoms with Crippen LogP contribution in [0.25, 0.3) is 0 Å². The average Bonchev–Trinajstić information content (AvgIpc) is 2.95. The number of fused-ring (bicyclic) bond motifs is 2. The van der Waals surface area contributed by atoms with Gasteiger partial charge in [0.15, 0.2) is 0 Å². The van der Waals surface area contributed by atoms with E-state index in [4.69, 9.17) is 21.1 Å². The number of carbonyl (C=O) groups excluding carboxylic acids is 2. The molecule has 0 saturated carbocycles. The lowest BCUT2D eigenvalue weighted by molar-refractivity contribution is -0.141. The highest BCUT2D eigenvalue weighted by atomic mass is 35.5. The van der Waals surface area contributed by atoms with Crippen LogP contribution in [0.1, 0.15) is 45.1 Å². The number of hydrogen-bond donors (Lipinski definition) is 1. The first kappa shape index (κ1) is 19.5. The standard InChI is InChI=1S/C19H24ClN3O4/c1-3-15-18(25)22-19-21-14-7-8-16(17(20)13(14)11-23(15)19)27-10-6-4-5-9-26-12(2)24/h7-8,15H,3-6,9-11H2,1-2H3,(H,21,22,25). The van der Waals surface area contributed by atoms with Gasteiger partial charge in [0.05, 0.1) is 30.5 Å². The maximum atomic E-state index is 12.0. The molecule has 1 unspecified atom stereocenters. The van der Waals surface area contributed by atoms with Gasteiger partial charge in [-0.25, -0.2) is 4.99 Å². The van der Waals surface area contributed by atoms with Crippen LogP contribution in [0, 0.1) is 0 Å². The highest BCUT2D eigenvalue weighted by Gasteiger charge is 2.38. The Balaban J connectivity index is 1.58. The van der Waals surface area contributed by atoms with E-state index in [1.807, 2.05) is 24.0 Å². The molecule has 1 saturated heterocycles. The van der Waals surface area contributed by atoms with Crippen LogP contribution in [0.5, 0.6) is 5.75 Å². The molecule has 1 aromatic rings. The van der Waals surface area contributed by atoms with Crippen molar-refractivity contribution in [1.82, 2.24) is 10.2 Å². The fourth-order valence-corrected chi connectivity index (χ4v) is 3.53. The Morgan fingerprint density at radius 3 is 2.85 bits per heavy atom. The second kappa shape index (κ2) is 8.61. The van der Waals surface area contributed by atoms with Crippen LogP contribution < -0.4 is 10.1 Å². The van der Waals surface area contributed by atoms with Crippen LogP contribution >= 0.6 is 11.6 Å². The van der Waals surface area contributed by atoms with Gasteiger partial charge in [0.2, 0.25) is 11.9 Å². The van der Waals surface area contributed by atoms with Gasteiger partial charge in [-0.2, -0.15) is 0 Å². The molecule has 1 fully saturated rings. The Bertz CT molecular complexity index is 766. The molecule has 1 atom stereocenters. The van der Waals surface area contributed by atoms with Gasteiger partial charge in [0.25, 0.3) is 0 Å². The monoisotopic (exact) mass is 393 g/mol. The first-order valence-electron chi connectivity index (χ1n) is 9.25. The second-order valence-corrected chi connectivity index (χ2v) is 6.98. The number of nitrogens with zero attached hydrogens (tertiary/aromatic N) is 2. The molecule has 146 valence electrons. The summed E-state index contributed by atoms with van der Waals surface area (Å²) in [5, 5.41) is 3.37. The van der Waals surface area contributed by atoms with E-state index in [9.17, 15) is 9.59 Å². The Morgan fingerprint density at radius 1 is 1.33 bits per heavy atom. The zero-order valence-corrected chi connectivity index (χ0v) is 16.3. The van der Waals surface area contributed by atoms with E-state index in [2.05, 4.69) is 10.3 Å². The normalized spacial score (nSPS) is 17.7. The number of benzene rings is 1. The highest BCUT2D eigenvalue weighted by Crippen LogP contribution is 2.39. The van der Waals surface area contributed by atoms with Crippen LogP contribution in [-0.4, -0.2) is 42.0 Å². The third-order valence-electron chi connectivity index (χ3n) is 4.66. The number of halogens is 1. The zero-order valence-electron chi connectivity index (χ0n) is 15.6. The molecule has 2 aliphatic heterocycles. The number of guanidine groups is 1. The summed E-state index contributed by atoms with van der Waals surface area (Å²) in [6.07, 6.45) is 3.27. The van der Waals surface area contributed by atoms with Gasteiger partial charge in [-0.05, 0) is 37.8 Å². The summed E-state index contributed by atoms with van der Waals surface area (Å²) in [6, 6.07) is 3.47. The van der Waals surface area contributed by atoms with Crippen LogP contribution in [-0.2, 0) is 20.9 Å². The van der Waals surface area contributed by atoms with E-state index < -0.39 is 0 Å². The molecule has 3 rings (SSSR count). The van der Waals surface area contributed by atoms with E-state index in [0.29, 0.717) is 42.9 Å². The third kappa shape index (κ3) is 4.35. The summed E-state index contributed by atoms with van der Waals surface area (Å²) in [6.45, 7) is 4.89. The second-order valence-electron chi connectivity index (χ2n) is 6.60. The molecule has 0 spiro atoms. The van der Waals surface area contributed by atoms with E-state index in [-0.39, 0.29) is 17.9 Å². The predicted molar refractivity (Wildman–Crippen MR) is 102 cm³/mol. The third-order valence-corrected chi connectivity index (χ3v) is 5.08. The number of unbranched alkanes of at least 4 members (excludes halogenated alkanes) is 2. The molecular formula is C19H24ClN3O4. The molecule has 2 aliphatic rings. The molecular weight excluding hydrogens is 370 g/mol. The average molecular weight is 394 g/mol. The fourth-order valence-electron chi connectivity index (χ4n) is 3.26. The van der Waals surface area contributed by atoms with Gasteiger partial charge in [-0.15, -0.1) is 0 Å². The summed E-state index contributed by atoms with van der Waals surface area (Å²) < 4.78 is 10.7. The van der Waals surface area contributed by atoms with Crippen LogP contribution in [0.15, 0.2) is 17.1 Å². The summed E-state index contributed by atoms with van der Waals surface area (Å²) in [5.74, 6) is 0.945. The number of ether oxygens (including phenoxy) is 2. The summed E-state index contributed by atoms with van der Waals surface area (Å²) >= 11 is 6.56. The molecule has 27 heavy (non-hydrogen) atoms. The Hall–Kier alpha value is -2.28. The lowest BCUT2D eigenvalue weighted by Crippen LogP contribution is -2.36. The van der Waals surface area contributed by atoms with Gasteiger partial charge >= 0.3 is 5.97 Å². The maximum absolute atomic E-state index is 12.0. The van der Waals surface area contributed by atoms with Gasteiger partial charge in [0, 0.05) is 12.5 Å². The number of aliphatic imine (C=N–C) groups is 1. The van der Waals surface area contributed by atoms with Crippen LogP contribution in [0.2, 0.25) is 5.02 Å². The van der Waals surface area contributed by atoms with Gasteiger partial charge in [-0.3, -0.25) is 14.9 Å². The van der Waals surface area contributed by atoms with Crippen molar-refractivity contribution in [1.29, 1.82) is 0 Å². The van der Waals surface area contributed by atoms with E-state index in [0.717, 1.165) is 30.5 Å². The highest BCUT2D eigenvalue weighted by molar-refractivity contribution is 6.33. The van der Waals surface area contributed by atoms with Crippen molar-refractivity contribution in [2.45, 2.75) is 52.1 Å². The van der Waals surface area contributed by atoms with Crippen molar-refractivity contribution in [2.24, 2.45) is 4.99 Å². The Morgan fingerprint density at radius 2 is 2.11 bits per heavy atom. The quantitative estimate of drug-likeness (QED) is 0.542. The van der Waals surface area contributed by atoms with E-state index in [1.54, 1.807) is 0 Å². The molecule has 1 N–H and O–H groups in total. The zero-order chi connectivity index (χ0) is 19.4. The lowest BCUT2D eigenvalue weighted by Gasteiger charge is -2.28. The van der Waals surface area contributed by atoms with Crippen molar-refractivity contribution in [3.05, 3.63) is 22.7 Å². The first-order chi connectivity index (χ1) is 13.0. The fraction of sp³-hybridized carbons (Fsp3) is 0.526. The summed E-state index contributed by atoms with van der Waals surface area (Å²) in [7, 11) is 0. The minimum absolute atomic E-state index is 0.0228. The molecule has 1 aromatic carbocycles. The maximum Gasteiger partial charge on any atom is 0.302 e. The number of nitrogens with one attached hydrogen (secondary N) is 1. The Kier molecular flexibility index (Phi) is 6.21. The SMILES string of the molecule is CCC1C(=O)NC2=Nc3ccc(OCCCCCOC(C)=O)c(Cl)c3CN21. The topological polar surface area (TPSA) is 80.2 Å². The Labute approximate surface area is 163 Å². The van der Waals surface area contributed by atoms with E-state index in [1.165, 1.54) is 6.92 Å². The lowest BCUT2D eigenvalue weighted by atomic mass is 10.1. The minimum atomic E-state index is -0.252. The number of esters is 1. The van der Waals surface area contributed by atoms with Crippen molar-refractivity contribution in [2.75, 3.05) is 13.2 Å². The van der Waals surface area contributed by atoms with Crippen molar-refractivity contribution < 1.29 is 19.1 Å². The summed E-state index contributed by atoms with van der Waals surface area (Å²) in [5.41, 5.74) is 1.64. The van der Waals surface area contributed by atoms with Crippen molar-refractivity contribution in [3.8, 4) is 5.75 Å². The van der Waals surface area contributed by atoms with Crippen LogP contribution in [0.4, 0.5) is 5.69 Å². The number of rotatable bonds is 8. The van der Waals surface area contributed by atoms with Gasteiger partial charge < -0.3 is 14.4 Å². The molecule has 7 nitrogen and oxygen atoms in total. The largest absolute Gasteiger partial charge is 0.492 e. The molecule has 8 heteroatoms. The molecule has 1 amide bonds. The van der Waals surface area contributed by atoms with Crippen molar-refractivity contribution in [3.63, 3.8) is 0 Å². The number of amides is 1. The molecule has 0 aromatic heterocycles. The van der Waals surface area contributed by atoms with Gasteiger partial charge in [-0.1, -0.05) is 18.5 Å². The molecule has 0 bridgehead atoms. The predicted octanol–water partition coefficient (Wildman–Crippen LogP) is 3.16. The van der Waals surface area contributed by atoms with Crippen molar-refractivity contribution >= 4 is 35.1 Å². The number of carbonyl (C=O) groups is 2. The molecule has 0 aliphatic carbocycles. The smallest absolute Gasteiger partial charge is 0.302 e. The summed E-state index contributed by atoms with van der Waals surface area (Å²) in [4.78, 5) is 29.2. The number of hydrogen-bond acceptors (Lipinski definition) is 6. The van der Waals surface area contributed by atoms with E-state index >= 15 is 0 Å². The van der Waals surface area contributed by atoms with Gasteiger partial charge in [0.1, 0.15) is 11.8 Å². The molecule has 2 heterocycles. The minimum Gasteiger partial charge on any atom is -0.492 e. The van der Waals surface area contributed by atoms with Crippen LogP contribution in [0.3, 0.4) is 0 Å². The first-order valence-corrected chi connectivity index (χ1v) is 9.62.